The van der Waals surface area contributed by atoms with Crippen LogP contribution in [0.4, 0.5) is 5.95 Å². The Morgan fingerprint density at radius 2 is 1.69 bits per heavy atom. The SMILES string of the molecule is Cc1oc(-c2ccccc2)nc1C(=O)N1CCN(c2ncccn2)CC1. The number of hydrogen-bond acceptors (Lipinski definition) is 6. The van der Waals surface area contributed by atoms with E-state index in [1.807, 2.05) is 30.3 Å². The molecule has 1 amide bonds. The molecule has 0 spiro atoms. The fourth-order valence-corrected chi connectivity index (χ4v) is 3.01. The van der Waals surface area contributed by atoms with Crippen molar-refractivity contribution in [2.24, 2.45) is 0 Å². The van der Waals surface area contributed by atoms with Crippen molar-refractivity contribution in [1.29, 1.82) is 0 Å². The van der Waals surface area contributed by atoms with Crippen LogP contribution in [0.15, 0.2) is 53.2 Å². The first-order valence-corrected chi connectivity index (χ1v) is 8.56. The van der Waals surface area contributed by atoms with Crippen molar-refractivity contribution in [3.63, 3.8) is 0 Å². The van der Waals surface area contributed by atoms with E-state index in [1.165, 1.54) is 0 Å². The number of carbonyl (C=O) groups excluding carboxylic acids is 1. The number of benzene rings is 1. The number of carbonyl (C=O) groups is 1. The maximum Gasteiger partial charge on any atom is 0.276 e. The molecule has 0 N–H and O–H groups in total. The second-order valence-corrected chi connectivity index (χ2v) is 6.12. The Kier molecular flexibility index (Phi) is 4.35. The molecule has 2 aromatic heterocycles. The predicted octanol–water partition coefficient (Wildman–Crippen LogP) is 2.40. The van der Waals surface area contributed by atoms with Crippen molar-refractivity contribution < 1.29 is 9.21 Å². The van der Waals surface area contributed by atoms with Crippen LogP contribution in [0.2, 0.25) is 0 Å². The van der Waals surface area contributed by atoms with Crippen molar-refractivity contribution in [1.82, 2.24) is 19.9 Å². The molecule has 132 valence electrons. The Bertz CT molecular complexity index is 887. The van der Waals surface area contributed by atoms with E-state index in [0.717, 1.165) is 5.56 Å². The molecule has 1 aliphatic heterocycles. The highest BCUT2D eigenvalue weighted by atomic mass is 16.4. The molecule has 0 bridgehead atoms. The number of anilines is 1. The number of oxazole rings is 1. The van der Waals surface area contributed by atoms with E-state index in [-0.39, 0.29) is 5.91 Å². The van der Waals surface area contributed by atoms with Crippen molar-refractivity contribution in [3.8, 4) is 11.5 Å². The molecule has 1 fully saturated rings. The number of aromatic nitrogens is 3. The van der Waals surface area contributed by atoms with Gasteiger partial charge < -0.3 is 14.2 Å². The lowest BCUT2D eigenvalue weighted by atomic mass is 10.2. The summed E-state index contributed by atoms with van der Waals surface area (Å²) in [5, 5.41) is 0. The topological polar surface area (TPSA) is 75.4 Å². The Balaban J connectivity index is 1.47. The maximum atomic E-state index is 12.9. The lowest BCUT2D eigenvalue weighted by Crippen LogP contribution is -2.49. The van der Waals surface area contributed by atoms with Gasteiger partial charge >= 0.3 is 0 Å². The third-order valence-corrected chi connectivity index (χ3v) is 4.42. The molecule has 0 radical (unpaired) electrons. The quantitative estimate of drug-likeness (QED) is 0.723. The molecule has 3 heterocycles. The van der Waals surface area contributed by atoms with Crippen LogP contribution in [0.1, 0.15) is 16.2 Å². The summed E-state index contributed by atoms with van der Waals surface area (Å²) in [6, 6.07) is 11.4. The smallest absolute Gasteiger partial charge is 0.276 e. The monoisotopic (exact) mass is 349 g/mol. The van der Waals surface area contributed by atoms with Crippen LogP contribution in [-0.2, 0) is 0 Å². The van der Waals surface area contributed by atoms with Gasteiger partial charge in [-0.15, -0.1) is 0 Å². The maximum absolute atomic E-state index is 12.9. The molecule has 1 saturated heterocycles. The minimum Gasteiger partial charge on any atom is -0.441 e. The molecule has 7 nitrogen and oxygen atoms in total. The molecular formula is C19H19N5O2. The van der Waals surface area contributed by atoms with Crippen LogP contribution < -0.4 is 4.90 Å². The fraction of sp³-hybridized carbons (Fsp3) is 0.263. The standard InChI is InChI=1S/C19H19N5O2/c1-14-16(22-17(26-14)15-6-3-2-4-7-15)18(25)23-10-12-24(13-11-23)19-20-8-5-9-21-19/h2-9H,10-13H2,1H3. The number of nitrogens with zero attached hydrogens (tertiary/aromatic N) is 5. The van der Waals surface area contributed by atoms with Crippen LogP contribution in [0, 0.1) is 6.92 Å². The molecule has 0 unspecified atom stereocenters. The van der Waals surface area contributed by atoms with Gasteiger partial charge in [-0.05, 0) is 25.1 Å². The first kappa shape index (κ1) is 16.3. The largest absolute Gasteiger partial charge is 0.441 e. The molecule has 0 aliphatic carbocycles. The van der Waals surface area contributed by atoms with Gasteiger partial charge in [-0.3, -0.25) is 4.79 Å². The van der Waals surface area contributed by atoms with Gasteiger partial charge in [0.1, 0.15) is 5.76 Å². The number of hydrogen-bond donors (Lipinski definition) is 0. The summed E-state index contributed by atoms with van der Waals surface area (Å²) < 4.78 is 5.71. The first-order valence-electron chi connectivity index (χ1n) is 8.56. The number of aryl methyl sites for hydroxylation is 1. The van der Waals surface area contributed by atoms with Gasteiger partial charge in [-0.2, -0.15) is 0 Å². The van der Waals surface area contributed by atoms with Gasteiger partial charge in [0.25, 0.3) is 5.91 Å². The van der Waals surface area contributed by atoms with Crippen molar-refractivity contribution in [2.75, 3.05) is 31.1 Å². The summed E-state index contributed by atoms with van der Waals surface area (Å²) in [7, 11) is 0. The van der Waals surface area contributed by atoms with Crippen molar-refractivity contribution in [3.05, 3.63) is 60.2 Å². The predicted molar refractivity (Wildman–Crippen MR) is 96.8 cm³/mol. The van der Waals surface area contributed by atoms with Crippen LogP contribution in [0.25, 0.3) is 11.5 Å². The molecule has 3 aromatic rings. The van der Waals surface area contributed by atoms with E-state index in [4.69, 9.17) is 4.42 Å². The normalized spacial score (nSPS) is 14.5. The summed E-state index contributed by atoms with van der Waals surface area (Å²) in [5.74, 6) is 1.62. The van der Waals surface area contributed by atoms with Gasteiger partial charge in [0.2, 0.25) is 11.8 Å². The Morgan fingerprint density at radius 3 is 2.38 bits per heavy atom. The summed E-state index contributed by atoms with van der Waals surface area (Å²) >= 11 is 0. The molecule has 4 rings (SSSR count). The molecule has 1 aromatic carbocycles. The second-order valence-electron chi connectivity index (χ2n) is 6.12. The lowest BCUT2D eigenvalue weighted by molar-refractivity contribution is 0.0739. The highest BCUT2D eigenvalue weighted by Crippen LogP contribution is 2.23. The van der Waals surface area contributed by atoms with E-state index < -0.39 is 0 Å². The average molecular weight is 349 g/mol. The fourth-order valence-electron chi connectivity index (χ4n) is 3.01. The van der Waals surface area contributed by atoms with Gasteiger partial charge in [-0.25, -0.2) is 15.0 Å². The van der Waals surface area contributed by atoms with Crippen molar-refractivity contribution >= 4 is 11.9 Å². The molecule has 26 heavy (non-hydrogen) atoms. The van der Waals surface area contributed by atoms with Gasteiger partial charge in [0, 0.05) is 44.1 Å². The van der Waals surface area contributed by atoms with E-state index in [9.17, 15) is 4.79 Å². The molecule has 7 heteroatoms. The number of piperazine rings is 1. The summed E-state index contributed by atoms with van der Waals surface area (Å²) in [6.45, 7) is 4.37. The third kappa shape index (κ3) is 3.15. The summed E-state index contributed by atoms with van der Waals surface area (Å²) in [5.41, 5.74) is 1.24. The van der Waals surface area contributed by atoms with Gasteiger partial charge in [0.05, 0.1) is 0 Å². The minimum atomic E-state index is -0.0953. The Hall–Kier alpha value is -3.22. The molecular weight excluding hydrogens is 330 g/mol. The third-order valence-electron chi connectivity index (χ3n) is 4.42. The van der Waals surface area contributed by atoms with E-state index in [2.05, 4.69) is 19.9 Å². The summed E-state index contributed by atoms with van der Waals surface area (Å²) in [6.07, 6.45) is 3.45. The van der Waals surface area contributed by atoms with E-state index >= 15 is 0 Å². The van der Waals surface area contributed by atoms with Crippen molar-refractivity contribution in [2.45, 2.75) is 6.92 Å². The van der Waals surface area contributed by atoms with E-state index in [0.29, 0.717) is 49.5 Å². The Morgan fingerprint density at radius 1 is 1.00 bits per heavy atom. The zero-order valence-electron chi connectivity index (χ0n) is 14.5. The summed E-state index contributed by atoms with van der Waals surface area (Å²) in [4.78, 5) is 29.7. The van der Waals surface area contributed by atoms with Gasteiger partial charge in [0.15, 0.2) is 5.69 Å². The Labute approximate surface area is 151 Å². The first-order chi connectivity index (χ1) is 12.7. The second kappa shape index (κ2) is 6.95. The van der Waals surface area contributed by atoms with Crippen LogP contribution in [0.3, 0.4) is 0 Å². The van der Waals surface area contributed by atoms with Gasteiger partial charge in [-0.1, -0.05) is 18.2 Å². The molecule has 0 saturated carbocycles. The zero-order valence-corrected chi connectivity index (χ0v) is 14.5. The van der Waals surface area contributed by atoms with Crippen LogP contribution >= 0.6 is 0 Å². The van der Waals surface area contributed by atoms with Crippen LogP contribution in [-0.4, -0.2) is 51.9 Å². The molecule has 0 atom stereocenters. The average Bonchev–Trinajstić information content (AvgIpc) is 3.10. The number of rotatable bonds is 3. The highest BCUT2D eigenvalue weighted by Gasteiger charge is 2.27. The van der Waals surface area contributed by atoms with Crippen LogP contribution in [0.5, 0.6) is 0 Å². The minimum absolute atomic E-state index is 0.0953. The molecule has 1 aliphatic rings. The lowest BCUT2D eigenvalue weighted by Gasteiger charge is -2.34. The zero-order chi connectivity index (χ0) is 17.9. The highest BCUT2D eigenvalue weighted by molar-refractivity contribution is 5.93. The van der Waals surface area contributed by atoms with E-state index in [1.54, 1.807) is 30.3 Å². The number of amides is 1.